The molecule has 15 nitrogen and oxygen atoms in total. The molecule has 32 heavy (non-hydrogen) atoms. The number of nitro benzene ring substituents is 1. The number of anilines is 2. The second-order valence-electron chi connectivity index (χ2n) is 5.84. The van der Waals surface area contributed by atoms with Crippen LogP contribution in [-0.4, -0.2) is 36.6 Å². The van der Waals surface area contributed by atoms with Crippen LogP contribution in [0, 0.1) is 20.2 Å². The first-order valence-corrected chi connectivity index (χ1v) is 8.64. The summed E-state index contributed by atoms with van der Waals surface area (Å²) in [5.41, 5.74) is 7.73. The van der Waals surface area contributed by atoms with Gasteiger partial charge in [0.2, 0.25) is 11.6 Å². The largest absolute Gasteiger partial charge is 0.356 e. The number of hydrogen-bond acceptors (Lipinski definition) is 11. The van der Waals surface area contributed by atoms with Gasteiger partial charge in [0.05, 0.1) is 9.85 Å². The molecule has 3 aromatic rings. The lowest BCUT2D eigenvalue weighted by molar-refractivity contribution is -0.385. The van der Waals surface area contributed by atoms with Gasteiger partial charge in [-0.25, -0.2) is 9.97 Å². The molecule has 3 rings (SSSR count). The topological polar surface area (TPSA) is 207 Å². The third-order valence-electron chi connectivity index (χ3n) is 3.88. The van der Waals surface area contributed by atoms with E-state index in [0.29, 0.717) is 0 Å². The Morgan fingerprint density at radius 2 is 1.41 bits per heavy atom. The zero-order valence-corrected chi connectivity index (χ0v) is 15.9. The number of rotatable bonds is 8. The first kappa shape index (κ1) is 21.5. The smallest absolute Gasteiger partial charge is 0.276 e. The average Bonchev–Trinajstić information content (AvgIpc) is 2.81. The molecule has 0 fully saturated rings. The van der Waals surface area contributed by atoms with E-state index in [1.165, 1.54) is 42.7 Å². The molecular formula is C17H13N9O6. The molecule has 0 saturated heterocycles. The highest BCUT2D eigenvalue weighted by atomic mass is 16.6. The molecular weight excluding hydrogens is 426 g/mol. The van der Waals surface area contributed by atoms with E-state index < -0.39 is 38.9 Å². The second-order valence-corrected chi connectivity index (χ2v) is 5.84. The van der Waals surface area contributed by atoms with Gasteiger partial charge in [0, 0.05) is 24.0 Å². The highest BCUT2D eigenvalue weighted by Gasteiger charge is 2.25. The Morgan fingerprint density at radius 1 is 0.812 bits per heavy atom. The molecule has 0 unspecified atom stereocenters. The van der Waals surface area contributed by atoms with Crippen molar-refractivity contribution in [3.8, 4) is 0 Å². The fourth-order valence-corrected chi connectivity index (χ4v) is 2.43. The van der Waals surface area contributed by atoms with Crippen LogP contribution in [0.2, 0.25) is 0 Å². The van der Waals surface area contributed by atoms with Crippen molar-refractivity contribution in [1.29, 1.82) is 0 Å². The van der Waals surface area contributed by atoms with Gasteiger partial charge in [0.15, 0.2) is 0 Å². The number of amides is 2. The molecule has 0 atom stereocenters. The number of para-hydroxylation sites is 1. The number of hydrazine groups is 2. The number of hydrogen-bond donors (Lipinski definition) is 4. The van der Waals surface area contributed by atoms with Crippen LogP contribution >= 0.6 is 0 Å². The van der Waals surface area contributed by atoms with Crippen LogP contribution in [0.3, 0.4) is 0 Å². The van der Waals surface area contributed by atoms with Crippen molar-refractivity contribution < 1.29 is 19.4 Å². The molecule has 15 heteroatoms. The molecule has 0 spiro atoms. The number of nitrogens with zero attached hydrogens (tertiary/aromatic N) is 5. The van der Waals surface area contributed by atoms with Crippen LogP contribution in [-0.2, 0) is 0 Å². The monoisotopic (exact) mass is 439 g/mol. The van der Waals surface area contributed by atoms with E-state index in [0.717, 1.165) is 12.4 Å². The minimum Gasteiger partial charge on any atom is -0.276 e. The molecule has 0 bridgehead atoms. The van der Waals surface area contributed by atoms with Gasteiger partial charge in [0.1, 0.15) is 11.9 Å². The van der Waals surface area contributed by atoms with Crippen molar-refractivity contribution in [3.05, 3.63) is 86.5 Å². The number of aromatic nitrogens is 3. The third kappa shape index (κ3) is 4.85. The molecule has 0 saturated carbocycles. The number of pyridine rings is 1. The van der Waals surface area contributed by atoms with E-state index in [2.05, 4.69) is 36.7 Å². The van der Waals surface area contributed by atoms with E-state index in [4.69, 9.17) is 0 Å². The Morgan fingerprint density at radius 3 is 2.00 bits per heavy atom. The molecule has 0 aliphatic rings. The standard InChI is InChI=1S/C17H13N9O6/c27-16(10-5-7-18-8-6-10)23-21-14-13(26(31)32)15(20-9-19-14)22-24-17(28)11-3-1-2-4-12(11)25(29)30/h1-9H,(H,23,27)(H,24,28)(H2,19,20,21,22). The highest BCUT2D eigenvalue weighted by Crippen LogP contribution is 2.28. The van der Waals surface area contributed by atoms with Crippen LogP contribution in [0.15, 0.2) is 55.1 Å². The molecule has 0 radical (unpaired) electrons. The summed E-state index contributed by atoms with van der Waals surface area (Å²) in [7, 11) is 0. The first-order valence-electron chi connectivity index (χ1n) is 8.64. The summed E-state index contributed by atoms with van der Waals surface area (Å²) in [5, 5.41) is 22.6. The minimum atomic E-state index is -0.925. The zero-order chi connectivity index (χ0) is 23.1. The first-order chi connectivity index (χ1) is 15.4. The SMILES string of the molecule is O=C(NNc1ncnc(NNC(=O)c2ccccc2[N+](=O)[O-])c1[N+](=O)[O-])c1ccncc1. The van der Waals surface area contributed by atoms with Gasteiger partial charge >= 0.3 is 5.69 Å². The molecule has 162 valence electrons. The summed E-state index contributed by atoms with van der Waals surface area (Å²) in [6.45, 7) is 0. The van der Waals surface area contributed by atoms with Gasteiger partial charge in [-0.15, -0.1) is 0 Å². The van der Waals surface area contributed by atoms with Gasteiger partial charge in [-0.2, -0.15) is 0 Å². The van der Waals surface area contributed by atoms with Crippen LogP contribution in [0.5, 0.6) is 0 Å². The third-order valence-corrected chi connectivity index (χ3v) is 3.88. The average molecular weight is 439 g/mol. The Bertz CT molecular complexity index is 1190. The Hall–Kier alpha value is -5.21. The number of nitrogens with one attached hydrogen (secondary N) is 4. The summed E-state index contributed by atoms with van der Waals surface area (Å²) in [6, 6.07) is 8.01. The van der Waals surface area contributed by atoms with Crippen molar-refractivity contribution in [2.24, 2.45) is 0 Å². The lowest BCUT2D eigenvalue weighted by atomic mass is 10.2. The van der Waals surface area contributed by atoms with Crippen LogP contribution in [0.25, 0.3) is 0 Å². The van der Waals surface area contributed by atoms with E-state index >= 15 is 0 Å². The van der Waals surface area contributed by atoms with Crippen LogP contribution < -0.4 is 21.7 Å². The molecule has 4 N–H and O–H groups in total. The van der Waals surface area contributed by atoms with E-state index in [9.17, 15) is 29.8 Å². The van der Waals surface area contributed by atoms with Gasteiger partial charge in [-0.3, -0.25) is 56.5 Å². The molecule has 2 heterocycles. The van der Waals surface area contributed by atoms with Gasteiger partial charge < -0.3 is 0 Å². The molecule has 2 aromatic heterocycles. The van der Waals surface area contributed by atoms with E-state index in [1.807, 2.05) is 0 Å². The lowest BCUT2D eigenvalue weighted by Crippen LogP contribution is -2.32. The molecule has 0 aliphatic heterocycles. The van der Waals surface area contributed by atoms with Crippen molar-refractivity contribution in [3.63, 3.8) is 0 Å². The molecule has 2 amide bonds. The molecule has 0 aliphatic carbocycles. The zero-order valence-electron chi connectivity index (χ0n) is 15.9. The van der Waals surface area contributed by atoms with E-state index in [1.54, 1.807) is 0 Å². The van der Waals surface area contributed by atoms with Gasteiger partial charge in [0.25, 0.3) is 17.5 Å². The van der Waals surface area contributed by atoms with Crippen LogP contribution in [0.4, 0.5) is 23.0 Å². The number of carbonyl (C=O) groups is 2. The quantitative estimate of drug-likeness (QED) is 0.289. The van der Waals surface area contributed by atoms with Gasteiger partial charge in [-0.1, -0.05) is 12.1 Å². The second kappa shape index (κ2) is 9.53. The normalized spacial score (nSPS) is 10.0. The maximum Gasteiger partial charge on any atom is 0.356 e. The van der Waals surface area contributed by atoms with Crippen molar-refractivity contribution >= 4 is 34.8 Å². The number of carbonyl (C=O) groups excluding carboxylic acids is 2. The summed E-state index contributed by atoms with van der Waals surface area (Å²) in [4.78, 5) is 56.6. The van der Waals surface area contributed by atoms with E-state index in [-0.39, 0.29) is 16.9 Å². The molecule has 1 aromatic carbocycles. The summed E-state index contributed by atoms with van der Waals surface area (Å²) >= 11 is 0. The lowest BCUT2D eigenvalue weighted by Gasteiger charge is -2.11. The summed E-state index contributed by atoms with van der Waals surface area (Å²) in [5.74, 6) is -2.35. The van der Waals surface area contributed by atoms with Crippen molar-refractivity contribution in [2.75, 3.05) is 10.9 Å². The maximum absolute atomic E-state index is 12.3. The fourth-order valence-electron chi connectivity index (χ4n) is 2.43. The van der Waals surface area contributed by atoms with Gasteiger partial charge in [-0.05, 0) is 18.2 Å². The Kier molecular flexibility index (Phi) is 6.40. The number of nitro groups is 2. The number of benzene rings is 1. The predicted molar refractivity (Wildman–Crippen MR) is 108 cm³/mol. The summed E-state index contributed by atoms with van der Waals surface area (Å²) in [6.07, 6.45) is 3.72. The van der Waals surface area contributed by atoms with Crippen LogP contribution in [0.1, 0.15) is 20.7 Å². The summed E-state index contributed by atoms with van der Waals surface area (Å²) < 4.78 is 0. The van der Waals surface area contributed by atoms with Crippen molar-refractivity contribution in [1.82, 2.24) is 25.8 Å². The predicted octanol–water partition coefficient (Wildman–Crippen LogP) is 1.20. The Labute approximate surface area is 178 Å². The minimum absolute atomic E-state index is 0.235. The highest BCUT2D eigenvalue weighted by molar-refractivity contribution is 5.99. The van der Waals surface area contributed by atoms with Crippen molar-refractivity contribution in [2.45, 2.75) is 0 Å². The maximum atomic E-state index is 12.3. The fraction of sp³-hybridized carbons (Fsp3) is 0. The Balaban J connectivity index is 1.76.